The molecule has 1 unspecified atom stereocenters. The predicted octanol–water partition coefficient (Wildman–Crippen LogP) is 1.99. The lowest BCUT2D eigenvalue weighted by Gasteiger charge is -2.14. The van der Waals surface area contributed by atoms with E-state index in [1.165, 1.54) is 12.3 Å². The standard InChI is InChI=1S/C11H14BrNO4S/c1-7(6-18(2,16)17)13-8-3-4-9(11(14)15)10(12)5-8/h3-5,7,13H,6H2,1-2H3,(H,14,15). The number of aromatic carboxylic acids is 1. The van der Waals surface area contributed by atoms with E-state index in [1.54, 1.807) is 19.1 Å². The van der Waals surface area contributed by atoms with Crippen molar-refractivity contribution in [3.8, 4) is 0 Å². The number of hydrogen-bond donors (Lipinski definition) is 2. The summed E-state index contributed by atoms with van der Waals surface area (Å²) in [5, 5.41) is 11.9. The van der Waals surface area contributed by atoms with Crippen molar-refractivity contribution in [3.63, 3.8) is 0 Å². The van der Waals surface area contributed by atoms with Gasteiger partial charge in [-0.3, -0.25) is 0 Å². The van der Waals surface area contributed by atoms with Gasteiger partial charge >= 0.3 is 5.97 Å². The molecule has 1 rings (SSSR count). The first kappa shape index (κ1) is 15.0. The van der Waals surface area contributed by atoms with E-state index in [1.807, 2.05) is 0 Å². The molecule has 0 aromatic heterocycles. The molecule has 1 aromatic carbocycles. The average molecular weight is 336 g/mol. The van der Waals surface area contributed by atoms with Crippen LogP contribution in [0, 0.1) is 0 Å². The molecular weight excluding hydrogens is 322 g/mol. The van der Waals surface area contributed by atoms with E-state index in [-0.39, 0.29) is 17.4 Å². The summed E-state index contributed by atoms with van der Waals surface area (Å²) in [6.07, 6.45) is 1.18. The van der Waals surface area contributed by atoms with Crippen LogP contribution in [0.4, 0.5) is 5.69 Å². The monoisotopic (exact) mass is 335 g/mol. The largest absolute Gasteiger partial charge is 0.478 e. The Kier molecular flexibility index (Phi) is 4.75. The zero-order valence-electron chi connectivity index (χ0n) is 9.97. The number of carboxylic acids is 1. The number of sulfone groups is 1. The summed E-state index contributed by atoms with van der Waals surface area (Å²) in [7, 11) is -3.04. The predicted molar refractivity (Wildman–Crippen MR) is 73.9 cm³/mol. The molecule has 2 N–H and O–H groups in total. The van der Waals surface area contributed by atoms with Crippen LogP contribution >= 0.6 is 15.9 Å². The van der Waals surface area contributed by atoms with Gasteiger partial charge < -0.3 is 10.4 Å². The fraction of sp³-hybridized carbons (Fsp3) is 0.364. The first-order valence-electron chi connectivity index (χ1n) is 5.16. The van der Waals surface area contributed by atoms with E-state index in [4.69, 9.17) is 5.11 Å². The third-order valence-electron chi connectivity index (χ3n) is 2.17. The molecular formula is C11H14BrNO4S. The number of halogens is 1. The molecule has 18 heavy (non-hydrogen) atoms. The first-order chi connectivity index (χ1) is 8.19. The van der Waals surface area contributed by atoms with Crippen molar-refractivity contribution < 1.29 is 18.3 Å². The minimum absolute atomic E-state index is 0.0191. The zero-order chi connectivity index (χ0) is 13.9. The second-order valence-corrected chi connectivity index (χ2v) is 7.18. The molecule has 0 radical (unpaired) electrons. The molecule has 0 aliphatic carbocycles. The summed E-state index contributed by atoms with van der Waals surface area (Å²) in [4.78, 5) is 10.8. The highest BCUT2D eigenvalue weighted by Gasteiger charge is 2.12. The number of hydrogen-bond acceptors (Lipinski definition) is 4. The molecule has 0 saturated carbocycles. The van der Waals surface area contributed by atoms with Gasteiger partial charge in [0.1, 0.15) is 9.84 Å². The van der Waals surface area contributed by atoms with Gasteiger partial charge in [-0.15, -0.1) is 0 Å². The first-order valence-corrected chi connectivity index (χ1v) is 8.01. The maximum Gasteiger partial charge on any atom is 0.336 e. The van der Waals surface area contributed by atoms with Crippen molar-refractivity contribution in [2.45, 2.75) is 13.0 Å². The molecule has 0 heterocycles. The minimum atomic E-state index is -3.04. The normalized spacial score (nSPS) is 13.1. The Morgan fingerprint density at radius 1 is 1.50 bits per heavy atom. The Balaban J connectivity index is 2.81. The molecule has 0 fully saturated rings. The molecule has 1 aromatic rings. The zero-order valence-corrected chi connectivity index (χ0v) is 12.4. The summed E-state index contributed by atoms with van der Waals surface area (Å²) < 4.78 is 22.7. The van der Waals surface area contributed by atoms with Gasteiger partial charge in [0.25, 0.3) is 0 Å². The van der Waals surface area contributed by atoms with E-state index in [0.29, 0.717) is 10.2 Å². The second-order valence-electron chi connectivity index (χ2n) is 4.14. The van der Waals surface area contributed by atoms with E-state index < -0.39 is 15.8 Å². The fourth-order valence-electron chi connectivity index (χ4n) is 1.56. The Hall–Kier alpha value is -1.08. The second kappa shape index (κ2) is 5.71. The number of anilines is 1. The Bertz CT molecular complexity index is 556. The maximum absolute atomic E-state index is 11.1. The van der Waals surface area contributed by atoms with Crippen molar-refractivity contribution in [2.24, 2.45) is 0 Å². The topological polar surface area (TPSA) is 83.5 Å². The van der Waals surface area contributed by atoms with Crippen LogP contribution in [0.5, 0.6) is 0 Å². The summed E-state index contributed by atoms with van der Waals surface area (Å²) in [5.74, 6) is -0.997. The Morgan fingerprint density at radius 3 is 2.56 bits per heavy atom. The molecule has 0 spiro atoms. The van der Waals surface area contributed by atoms with Gasteiger partial charge in [-0.05, 0) is 41.1 Å². The van der Waals surface area contributed by atoms with Crippen LogP contribution in [-0.4, -0.2) is 37.5 Å². The molecule has 0 saturated heterocycles. The number of nitrogens with one attached hydrogen (secondary N) is 1. The van der Waals surface area contributed by atoms with Gasteiger partial charge in [-0.2, -0.15) is 0 Å². The SMILES string of the molecule is CC(CS(C)(=O)=O)Nc1ccc(C(=O)O)c(Br)c1. The molecule has 0 aliphatic rings. The maximum atomic E-state index is 11.1. The van der Waals surface area contributed by atoms with Crippen LogP contribution in [0.1, 0.15) is 17.3 Å². The Labute approximate surface area is 114 Å². The molecule has 0 aliphatic heterocycles. The lowest BCUT2D eigenvalue weighted by Crippen LogP contribution is -2.25. The van der Waals surface area contributed by atoms with Crippen LogP contribution in [0.3, 0.4) is 0 Å². The summed E-state index contributed by atoms with van der Waals surface area (Å²) >= 11 is 3.16. The van der Waals surface area contributed by atoms with Gasteiger partial charge in [0.15, 0.2) is 0 Å². The van der Waals surface area contributed by atoms with Crippen molar-refractivity contribution in [1.82, 2.24) is 0 Å². The summed E-state index contributed by atoms with van der Waals surface area (Å²) in [5.41, 5.74) is 0.833. The highest BCUT2D eigenvalue weighted by atomic mass is 79.9. The number of carboxylic acid groups (broad SMARTS) is 1. The lowest BCUT2D eigenvalue weighted by atomic mass is 10.2. The third-order valence-corrected chi connectivity index (χ3v) is 3.93. The highest BCUT2D eigenvalue weighted by Crippen LogP contribution is 2.22. The number of carbonyl (C=O) groups is 1. The van der Waals surface area contributed by atoms with Crippen LogP contribution in [-0.2, 0) is 9.84 Å². The summed E-state index contributed by atoms with van der Waals surface area (Å²) in [6, 6.07) is 4.43. The van der Waals surface area contributed by atoms with Gasteiger partial charge in [0.05, 0.1) is 11.3 Å². The average Bonchev–Trinajstić information content (AvgIpc) is 2.13. The van der Waals surface area contributed by atoms with Gasteiger partial charge in [0.2, 0.25) is 0 Å². The molecule has 1 atom stereocenters. The molecule has 100 valence electrons. The number of benzene rings is 1. The van der Waals surface area contributed by atoms with Crippen LogP contribution in [0.25, 0.3) is 0 Å². The quantitative estimate of drug-likeness (QED) is 0.859. The van der Waals surface area contributed by atoms with Crippen molar-refractivity contribution in [1.29, 1.82) is 0 Å². The number of rotatable bonds is 5. The molecule has 0 bridgehead atoms. The van der Waals surface area contributed by atoms with E-state index >= 15 is 0 Å². The van der Waals surface area contributed by atoms with Crippen LogP contribution < -0.4 is 5.32 Å². The van der Waals surface area contributed by atoms with E-state index in [2.05, 4.69) is 21.2 Å². The Morgan fingerprint density at radius 2 is 2.11 bits per heavy atom. The molecule has 0 amide bonds. The van der Waals surface area contributed by atoms with Crippen molar-refractivity contribution >= 4 is 37.4 Å². The van der Waals surface area contributed by atoms with Crippen LogP contribution in [0.15, 0.2) is 22.7 Å². The molecule has 7 heteroatoms. The smallest absolute Gasteiger partial charge is 0.336 e. The van der Waals surface area contributed by atoms with Gasteiger partial charge in [-0.25, -0.2) is 13.2 Å². The lowest BCUT2D eigenvalue weighted by molar-refractivity contribution is 0.0696. The fourth-order valence-corrected chi connectivity index (χ4v) is 3.10. The van der Waals surface area contributed by atoms with Gasteiger partial charge in [0, 0.05) is 22.5 Å². The van der Waals surface area contributed by atoms with Crippen molar-refractivity contribution in [2.75, 3.05) is 17.3 Å². The highest BCUT2D eigenvalue weighted by molar-refractivity contribution is 9.10. The van der Waals surface area contributed by atoms with E-state index in [9.17, 15) is 13.2 Å². The van der Waals surface area contributed by atoms with Crippen molar-refractivity contribution in [3.05, 3.63) is 28.2 Å². The van der Waals surface area contributed by atoms with Gasteiger partial charge in [-0.1, -0.05) is 0 Å². The minimum Gasteiger partial charge on any atom is -0.478 e. The summed E-state index contributed by atoms with van der Waals surface area (Å²) in [6.45, 7) is 1.75. The van der Waals surface area contributed by atoms with E-state index in [0.717, 1.165) is 0 Å². The van der Waals surface area contributed by atoms with Crippen LogP contribution in [0.2, 0.25) is 0 Å². The third kappa shape index (κ3) is 4.66. The molecule has 5 nitrogen and oxygen atoms in total.